The number of carbonyl (C=O) groups is 3. The molecule has 2 aromatic carbocycles. The second kappa shape index (κ2) is 10.6. The van der Waals surface area contributed by atoms with Crippen LogP contribution in [0.25, 0.3) is 21.6 Å². The summed E-state index contributed by atoms with van der Waals surface area (Å²) in [5, 5.41) is 3.53. The molecule has 10 nitrogen and oxygen atoms in total. The number of nitrogens with one attached hydrogen (secondary N) is 1. The smallest absolute Gasteiger partial charge is 0.269 e. The van der Waals surface area contributed by atoms with Crippen molar-refractivity contribution in [3.8, 4) is 10.6 Å². The Hall–Kier alpha value is -4.90. The monoisotopic (exact) mass is 525 g/mol. The number of primary amides is 1. The molecule has 5 rings (SSSR count). The number of pyridine rings is 1. The predicted molar refractivity (Wildman–Crippen MR) is 146 cm³/mol. The first kappa shape index (κ1) is 24.8. The van der Waals surface area contributed by atoms with Crippen LogP contribution in [0.15, 0.2) is 79.3 Å². The quantitative estimate of drug-likeness (QED) is 0.315. The van der Waals surface area contributed by atoms with E-state index in [1.807, 2.05) is 30.3 Å². The summed E-state index contributed by atoms with van der Waals surface area (Å²) in [5.41, 5.74) is 8.69. The lowest BCUT2D eigenvalue weighted by Crippen LogP contribution is -2.26. The standard InChI is InChI=1S/C27H23N7O3S/c1-33(26(37)18-5-3-2-4-6-18)19-7-8-21-20(15-19)31-27(34(21)14-11-23(28)35)32-24(36)22-16-30-25(38-22)17-9-12-29-13-10-17/h2-10,12-13,15-16H,11,14H2,1H3,(H2,28,35)(H,31,32,36). The second-order valence-electron chi connectivity index (χ2n) is 8.43. The molecule has 3 aromatic heterocycles. The number of nitrogens with zero attached hydrogens (tertiary/aromatic N) is 5. The molecule has 0 fully saturated rings. The van der Waals surface area contributed by atoms with Crippen LogP contribution in [0.2, 0.25) is 0 Å². The molecule has 0 aliphatic rings. The van der Waals surface area contributed by atoms with Crippen LogP contribution >= 0.6 is 11.3 Å². The molecule has 0 bridgehead atoms. The van der Waals surface area contributed by atoms with E-state index >= 15 is 0 Å². The minimum absolute atomic E-state index is 0.0647. The normalized spacial score (nSPS) is 10.9. The van der Waals surface area contributed by atoms with Gasteiger partial charge in [0.2, 0.25) is 11.9 Å². The van der Waals surface area contributed by atoms with E-state index in [1.165, 1.54) is 22.4 Å². The lowest BCUT2D eigenvalue weighted by atomic mass is 10.2. The Morgan fingerprint density at radius 2 is 1.82 bits per heavy atom. The summed E-state index contributed by atoms with van der Waals surface area (Å²) in [4.78, 5) is 52.4. The molecule has 0 saturated heterocycles. The molecule has 3 amide bonds. The summed E-state index contributed by atoms with van der Waals surface area (Å²) < 4.78 is 1.73. The fraction of sp³-hybridized carbons (Fsp3) is 0.111. The van der Waals surface area contributed by atoms with Crippen molar-refractivity contribution in [3.05, 3.63) is 89.7 Å². The van der Waals surface area contributed by atoms with Crippen molar-refractivity contribution in [3.63, 3.8) is 0 Å². The van der Waals surface area contributed by atoms with Crippen LogP contribution in [0.1, 0.15) is 26.5 Å². The Labute approximate surface area is 221 Å². The number of rotatable bonds is 8. The molecule has 0 aliphatic carbocycles. The maximum Gasteiger partial charge on any atom is 0.269 e. The SMILES string of the molecule is CN(C(=O)c1ccccc1)c1ccc2c(c1)nc(NC(=O)c1cnc(-c3ccncc3)s1)n2CCC(N)=O. The van der Waals surface area contributed by atoms with Gasteiger partial charge in [-0.3, -0.25) is 24.7 Å². The van der Waals surface area contributed by atoms with Gasteiger partial charge in [-0.2, -0.15) is 0 Å². The number of aromatic nitrogens is 4. The van der Waals surface area contributed by atoms with Crippen molar-refractivity contribution >= 4 is 51.7 Å². The van der Waals surface area contributed by atoms with E-state index in [2.05, 4.69) is 20.3 Å². The highest BCUT2D eigenvalue weighted by atomic mass is 32.1. The van der Waals surface area contributed by atoms with Gasteiger partial charge in [0.1, 0.15) is 9.88 Å². The molecular weight excluding hydrogens is 502 g/mol. The maximum atomic E-state index is 13.1. The van der Waals surface area contributed by atoms with E-state index in [1.54, 1.807) is 54.3 Å². The van der Waals surface area contributed by atoms with Gasteiger partial charge in [0.05, 0.1) is 17.2 Å². The summed E-state index contributed by atoms with van der Waals surface area (Å²) in [7, 11) is 1.69. The largest absolute Gasteiger partial charge is 0.370 e. The fourth-order valence-electron chi connectivity index (χ4n) is 3.93. The minimum Gasteiger partial charge on any atom is -0.370 e. The van der Waals surface area contributed by atoms with Crippen LogP contribution in [0, 0.1) is 0 Å². The molecule has 0 unspecified atom stereocenters. The number of hydrogen-bond acceptors (Lipinski definition) is 7. The molecule has 11 heteroatoms. The van der Waals surface area contributed by atoms with E-state index in [4.69, 9.17) is 5.73 Å². The molecule has 5 aromatic rings. The number of aryl methyl sites for hydroxylation is 1. The Balaban J connectivity index is 1.44. The zero-order valence-corrected chi connectivity index (χ0v) is 21.2. The van der Waals surface area contributed by atoms with Crippen LogP contribution in [-0.4, -0.2) is 44.3 Å². The number of imidazole rings is 1. The topological polar surface area (TPSA) is 136 Å². The van der Waals surface area contributed by atoms with Gasteiger partial charge >= 0.3 is 0 Å². The summed E-state index contributed by atoms with van der Waals surface area (Å²) in [5.74, 6) is -0.755. The first-order valence-corrected chi connectivity index (χ1v) is 12.5. The molecule has 190 valence electrons. The summed E-state index contributed by atoms with van der Waals surface area (Å²) in [6.07, 6.45) is 4.90. The van der Waals surface area contributed by atoms with Crippen molar-refractivity contribution in [2.45, 2.75) is 13.0 Å². The Bertz CT molecular complexity index is 1630. The Kier molecular flexibility index (Phi) is 6.92. The van der Waals surface area contributed by atoms with Crippen LogP contribution in [0.5, 0.6) is 0 Å². The molecular formula is C27H23N7O3S. The third kappa shape index (κ3) is 5.13. The average molecular weight is 526 g/mol. The highest BCUT2D eigenvalue weighted by Gasteiger charge is 2.19. The molecule has 0 atom stereocenters. The highest BCUT2D eigenvalue weighted by molar-refractivity contribution is 7.17. The van der Waals surface area contributed by atoms with E-state index < -0.39 is 5.91 Å². The van der Waals surface area contributed by atoms with Crippen molar-refractivity contribution in [2.24, 2.45) is 5.73 Å². The minimum atomic E-state index is -0.474. The van der Waals surface area contributed by atoms with E-state index in [9.17, 15) is 14.4 Å². The first-order chi connectivity index (χ1) is 18.4. The highest BCUT2D eigenvalue weighted by Crippen LogP contribution is 2.28. The van der Waals surface area contributed by atoms with E-state index in [-0.39, 0.29) is 30.7 Å². The van der Waals surface area contributed by atoms with Gasteiger partial charge in [0.15, 0.2) is 0 Å². The number of thiazole rings is 1. The zero-order valence-electron chi connectivity index (χ0n) is 20.4. The first-order valence-electron chi connectivity index (χ1n) is 11.7. The van der Waals surface area contributed by atoms with Crippen LogP contribution < -0.4 is 16.0 Å². The molecule has 0 spiro atoms. The van der Waals surface area contributed by atoms with Gasteiger partial charge in [-0.05, 0) is 42.5 Å². The van der Waals surface area contributed by atoms with Crippen LogP contribution in [-0.2, 0) is 11.3 Å². The van der Waals surface area contributed by atoms with Gasteiger partial charge < -0.3 is 15.2 Å². The van der Waals surface area contributed by atoms with Crippen LogP contribution in [0.3, 0.4) is 0 Å². The van der Waals surface area contributed by atoms with Crippen molar-refractivity contribution in [2.75, 3.05) is 17.3 Å². The third-order valence-electron chi connectivity index (χ3n) is 5.91. The van der Waals surface area contributed by atoms with Crippen molar-refractivity contribution < 1.29 is 14.4 Å². The molecule has 3 N–H and O–H groups in total. The van der Waals surface area contributed by atoms with Gasteiger partial charge in [0.25, 0.3) is 11.8 Å². The number of benzene rings is 2. The number of fused-ring (bicyclic) bond motifs is 1. The number of anilines is 2. The summed E-state index contributed by atoms with van der Waals surface area (Å²) >= 11 is 1.25. The summed E-state index contributed by atoms with van der Waals surface area (Å²) in [6.45, 7) is 0.227. The molecule has 0 saturated carbocycles. The third-order valence-corrected chi connectivity index (χ3v) is 6.95. The Morgan fingerprint density at radius 1 is 1.05 bits per heavy atom. The predicted octanol–water partition coefficient (Wildman–Crippen LogP) is 3.96. The number of amides is 3. The lowest BCUT2D eigenvalue weighted by molar-refractivity contribution is -0.118. The van der Waals surface area contributed by atoms with E-state index in [0.717, 1.165) is 5.56 Å². The van der Waals surface area contributed by atoms with Crippen molar-refractivity contribution in [1.29, 1.82) is 0 Å². The van der Waals surface area contributed by atoms with Gasteiger partial charge in [0, 0.05) is 49.2 Å². The lowest BCUT2D eigenvalue weighted by Gasteiger charge is -2.17. The molecule has 0 aliphatic heterocycles. The number of hydrogen-bond donors (Lipinski definition) is 2. The molecule has 0 radical (unpaired) electrons. The van der Waals surface area contributed by atoms with Crippen LogP contribution in [0.4, 0.5) is 11.6 Å². The maximum absolute atomic E-state index is 13.1. The van der Waals surface area contributed by atoms with Gasteiger partial charge in [-0.25, -0.2) is 9.97 Å². The number of carbonyl (C=O) groups excluding carboxylic acids is 3. The van der Waals surface area contributed by atoms with Gasteiger partial charge in [-0.15, -0.1) is 11.3 Å². The average Bonchev–Trinajstić information content (AvgIpc) is 3.57. The molecule has 38 heavy (non-hydrogen) atoms. The van der Waals surface area contributed by atoms with E-state index in [0.29, 0.717) is 32.2 Å². The Morgan fingerprint density at radius 3 is 2.55 bits per heavy atom. The fourth-order valence-corrected chi connectivity index (χ4v) is 4.75. The van der Waals surface area contributed by atoms with Crippen molar-refractivity contribution in [1.82, 2.24) is 19.5 Å². The zero-order chi connectivity index (χ0) is 26.6. The molecule has 3 heterocycles. The second-order valence-corrected chi connectivity index (χ2v) is 9.46. The van der Waals surface area contributed by atoms with Gasteiger partial charge in [-0.1, -0.05) is 18.2 Å². The number of nitrogens with two attached hydrogens (primary N) is 1. The summed E-state index contributed by atoms with van der Waals surface area (Å²) in [6, 6.07) is 18.0.